The molecule has 4 rings (SSSR count). The van der Waals surface area contributed by atoms with Gasteiger partial charge in [-0.05, 0) is 50.6 Å². The van der Waals surface area contributed by atoms with Gasteiger partial charge in [0.25, 0.3) is 0 Å². The van der Waals surface area contributed by atoms with Crippen LogP contribution in [0.5, 0.6) is 5.75 Å². The highest BCUT2D eigenvalue weighted by molar-refractivity contribution is 5.91. The van der Waals surface area contributed by atoms with Crippen LogP contribution in [0.1, 0.15) is 40.1 Å². The van der Waals surface area contributed by atoms with E-state index in [4.69, 9.17) is 9.15 Å². The molecule has 4 aromatic rings. The number of ether oxygens (including phenoxy) is 1. The van der Waals surface area contributed by atoms with Crippen LogP contribution in [0.15, 0.2) is 45.9 Å². The fourth-order valence-electron chi connectivity index (χ4n) is 3.77. The van der Waals surface area contributed by atoms with Gasteiger partial charge >= 0.3 is 5.97 Å². The highest BCUT2D eigenvalue weighted by atomic mass is 19.2. The zero-order valence-electron chi connectivity index (χ0n) is 18.3. The van der Waals surface area contributed by atoms with Gasteiger partial charge in [0.05, 0.1) is 17.1 Å². The lowest BCUT2D eigenvalue weighted by Crippen LogP contribution is -2.13. The third-order valence-corrected chi connectivity index (χ3v) is 5.37. The molecule has 0 aliphatic heterocycles. The number of aryl methyl sites for hydroxylation is 2. The van der Waals surface area contributed by atoms with E-state index >= 15 is 0 Å². The summed E-state index contributed by atoms with van der Waals surface area (Å²) in [5, 5.41) is 13.8. The zero-order chi connectivity index (χ0) is 24.0. The normalized spacial score (nSPS) is 12.2. The van der Waals surface area contributed by atoms with E-state index in [2.05, 4.69) is 5.10 Å². The number of fused-ring (bicyclic) bond motifs is 1. The molecule has 7 nitrogen and oxygen atoms in total. The summed E-state index contributed by atoms with van der Waals surface area (Å²) in [6, 6.07) is 5.27. The minimum Gasteiger partial charge on any atom is -0.485 e. The SMILES string of the molecule is Cc1cc([C@@H](C)Oc2ccc(F)c(F)c2C(=O)O)c2oc(-c3cnn(C)c3)c(C)c(=O)c2c1. The molecule has 1 N–H and O–H groups in total. The van der Waals surface area contributed by atoms with Crippen LogP contribution >= 0.6 is 0 Å². The smallest absolute Gasteiger partial charge is 0.342 e. The Morgan fingerprint density at radius 1 is 1.24 bits per heavy atom. The number of nitrogens with zero attached hydrogens (tertiary/aromatic N) is 2. The van der Waals surface area contributed by atoms with Gasteiger partial charge in [0.1, 0.15) is 28.8 Å². The Balaban J connectivity index is 1.89. The van der Waals surface area contributed by atoms with Crippen molar-refractivity contribution in [2.75, 3.05) is 0 Å². The van der Waals surface area contributed by atoms with Crippen molar-refractivity contribution in [3.05, 3.63) is 80.8 Å². The highest BCUT2D eigenvalue weighted by Gasteiger charge is 2.25. The molecule has 1 atom stereocenters. The second-order valence-corrected chi connectivity index (χ2v) is 7.82. The van der Waals surface area contributed by atoms with E-state index in [1.165, 1.54) is 0 Å². The number of benzene rings is 2. The zero-order valence-corrected chi connectivity index (χ0v) is 18.3. The first-order chi connectivity index (χ1) is 15.6. The van der Waals surface area contributed by atoms with Crippen LogP contribution in [0.4, 0.5) is 8.78 Å². The topological polar surface area (TPSA) is 94.6 Å². The maximum absolute atomic E-state index is 14.1. The summed E-state index contributed by atoms with van der Waals surface area (Å²) in [5.74, 6) is -4.47. The van der Waals surface area contributed by atoms with Gasteiger partial charge in [-0.1, -0.05) is 0 Å². The van der Waals surface area contributed by atoms with Crippen LogP contribution in [-0.4, -0.2) is 20.9 Å². The van der Waals surface area contributed by atoms with Gasteiger partial charge in [-0.25, -0.2) is 13.6 Å². The number of aromatic carboxylic acids is 1. The number of carboxylic acids is 1. The molecule has 0 fully saturated rings. The summed E-state index contributed by atoms with van der Waals surface area (Å²) in [5.41, 5.74) is 1.34. The number of rotatable bonds is 5. The molecule has 0 saturated heterocycles. The molecule has 0 aliphatic carbocycles. The van der Waals surface area contributed by atoms with E-state index in [0.29, 0.717) is 27.8 Å². The molecular formula is C24H20F2N2O5. The van der Waals surface area contributed by atoms with Crippen molar-refractivity contribution in [1.29, 1.82) is 0 Å². The van der Waals surface area contributed by atoms with Gasteiger partial charge in [-0.2, -0.15) is 5.10 Å². The number of halogens is 2. The van der Waals surface area contributed by atoms with Gasteiger partial charge in [-0.15, -0.1) is 0 Å². The van der Waals surface area contributed by atoms with Crippen molar-refractivity contribution < 1.29 is 27.8 Å². The first-order valence-corrected chi connectivity index (χ1v) is 10.0. The van der Waals surface area contributed by atoms with E-state index in [1.807, 2.05) is 0 Å². The Hall–Kier alpha value is -4.01. The van der Waals surface area contributed by atoms with Gasteiger partial charge < -0.3 is 14.3 Å². The van der Waals surface area contributed by atoms with Gasteiger partial charge in [0.15, 0.2) is 17.1 Å². The van der Waals surface area contributed by atoms with E-state index in [-0.39, 0.29) is 16.8 Å². The monoisotopic (exact) mass is 454 g/mol. The first-order valence-electron chi connectivity index (χ1n) is 10.0. The van der Waals surface area contributed by atoms with Crippen molar-refractivity contribution >= 4 is 16.9 Å². The molecule has 2 aromatic heterocycles. The minimum atomic E-state index is -1.66. The molecular weight excluding hydrogens is 434 g/mol. The molecule has 0 bridgehead atoms. The fourth-order valence-corrected chi connectivity index (χ4v) is 3.77. The molecule has 0 spiro atoms. The Bertz CT molecular complexity index is 1470. The average molecular weight is 454 g/mol. The second-order valence-electron chi connectivity index (χ2n) is 7.82. The average Bonchev–Trinajstić information content (AvgIpc) is 3.18. The minimum absolute atomic E-state index is 0.230. The van der Waals surface area contributed by atoms with E-state index in [0.717, 1.165) is 17.7 Å². The van der Waals surface area contributed by atoms with Crippen molar-refractivity contribution in [2.24, 2.45) is 7.05 Å². The summed E-state index contributed by atoms with van der Waals surface area (Å²) in [7, 11) is 1.74. The van der Waals surface area contributed by atoms with E-state index in [9.17, 15) is 23.5 Å². The van der Waals surface area contributed by atoms with E-state index < -0.39 is 29.3 Å². The second kappa shape index (κ2) is 8.16. The van der Waals surface area contributed by atoms with Gasteiger partial charge in [0, 0.05) is 24.4 Å². The van der Waals surface area contributed by atoms with Crippen LogP contribution < -0.4 is 10.2 Å². The number of hydrogen-bond donors (Lipinski definition) is 1. The largest absolute Gasteiger partial charge is 0.485 e. The maximum atomic E-state index is 14.1. The fraction of sp³-hybridized carbons (Fsp3) is 0.208. The molecule has 0 radical (unpaired) electrons. The van der Waals surface area contributed by atoms with Gasteiger partial charge in [0.2, 0.25) is 0 Å². The van der Waals surface area contributed by atoms with Crippen LogP contribution in [0, 0.1) is 25.5 Å². The number of aromatic nitrogens is 2. The molecule has 9 heteroatoms. The first kappa shape index (κ1) is 22.2. The standard InChI is InChI=1S/C24H20F2N2O5/c1-11-7-15(13(3)32-18-6-5-17(25)20(26)19(18)24(30)31)23-16(8-11)21(29)12(2)22(33-23)14-9-27-28(4)10-14/h5-10,13H,1-4H3,(H,30,31)/t13-/m1/s1. The van der Waals surface area contributed by atoms with Crippen LogP contribution in [0.3, 0.4) is 0 Å². The molecule has 0 aliphatic rings. The van der Waals surface area contributed by atoms with Crippen LogP contribution in [0.25, 0.3) is 22.3 Å². The maximum Gasteiger partial charge on any atom is 0.342 e. The number of carboxylic acid groups (broad SMARTS) is 1. The third-order valence-electron chi connectivity index (χ3n) is 5.37. The molecule has 0 amide bonds. The number of hydrogen-bond acceptors (Lipinski definition) is 5. The van der Waals surface area contributed by atoms with Gasteiger partial charge in [-0.3, -0.25) is 9.48 Å². The predicted octanol–water partition coefficient (Wildman–Crippen LogP) is 4.93. The van der Waals surface area contributed by atoms with Crippen LogP contribution in [0.2, 0.25) is 0 Å². The summed E-state index contributed by atoms with van der Waals surface area (Å²) in [4.78, 5) is 24.7. The summed E-state index contributed by atoms with van der Waals surface area (Å²) < 4.78 is 41.2. The van der Waals surface area contributed by atoms with E-state index in [1.54, 1.807) is 57.0 Å². The predicted molar refractivity (Wildman–Crippen MR) is 117 cm³/mol. The third kappa shape index (κ3) is 3.86. The molecule has 2 aromatic carbocycles. The molecule has 0 saturated carbocycles. The Morgan fingerprint density at radius 3 is 2.61 bits per heavy atom. The lowest BCUT2D eigenvalue weighted by Gasteiger charge is -2.19. The molecule has 0 unspecified atom stereocenters. The molecule has 2 heterocycles. The Kier molecular flexibility index (Phi) is 5.49. The lowest BCUT2D eigenvalue weighted by atomic mass is 10.0. The van der Waals surface area contributed by atoms with Crippen molar-refractivity contribution in [3.8, 4) is 17.1 Å². The highest BCUT2D eigenvalue weighted by Crippen LogP contribution is 2.34. The number of carbonyl (C=O) groups is 1. The summed E-state index contributed by atoms with van der Waals surface area (Å²) in [6.45, 7) is 5.06. The summed E-state index contributed by atoms with van der Waals surface area (Å²) in [6.07, 6.45) is 2.43. The lowest BCUT2D eigenvalue weighted by molar-refractivity contribution is 0.0682. The Morgan fingerprint density at radius 2 is 1.97 bits per heavy atom. The van der Waals surface area contributed by atoms with Crippen molar-refractivity contribution in [3.63, 3.8) is 0 Å². The van der Waals surface area contributed by atoms with Crippen molar-refractivity contribution in [1.82, 2.24) is 9.78 Å². The molecule has 170 valence electrons. The van der Waals surface area contributed by atoms with Crippen LogP contribution in [-0.2, 0) is 7.05 Å². The molecule has 33 heavy (non-hydrogen) atoms. The Labute approximate surface area is 186 Å². The quantitative estimate of drug-likeness (QED) is 0.460. The van der Waals surface area contributed by atoms with Crippen molar-refractivity contribution in [2.45, 2.75) is 26.9 Å². The summed E-state index contributed by atoms with van der Waals surface area (Å²) >= 11 is 0.